The molecular formula is C34H32N2O4S2. The van der Waals surface area contributed by atoms with E-state index >= 15 is 0 Å². The number of hydrogen-bond acceptors (Lipinski definition) is 7. The average molecular weight is 597 g/mol. The molecule has 2 N–H and O–H groups in total. The summed E-state index contributed by atoms with van der Waals surface area (Å²) < 4.78 is 15.3. The van der Waals surface area contributed by atoms with Crippen LogP contribution in [0, 0.1) is 0 Å². The Morgan fingerprint density at radius 2 is 1.71 bits per heavy atom. The third kappa shape index (κ3) is 6.91. The highest BCUT2D eigenvalue weighted by molar-refractivity contribution is 8.01. The number of nitrogens with zero attached hydrogens (tertiary/aromatic N) is 1. The molecule has 3 atom stereocenters. The van der Waals surface area contributed by atoms with Crippen molar-refractivity contribution >= 4 is 39.2 Å². The number of aromatic nitrogens is 1. The molecule has 1 aliphatic rings. The largest absolute Gasteiger partial charge is 0.392 e. The van der Waals surface area contributed by atoms with Gasteiger partial charge < -0.3 is 19.9 Å². The summed E-state index contributed by atoms with van der Waals surface area (Å²) in [6.07, 6.45) is 0.0462. The molecule has 0 spiro atoms. The van der Waals surface area contributed by atoms with Gasteiger partial charge in [0, 0.05) is 31.2 Å². The number of amides is 1. The van der Waals surface area contributed by atoms with Crippen molar-refractivity contribution in [3.8, 4) is 11.1 Å². The zero-order valence-electron chi connectivity index (χ0n) is 23.2. The van der Waals surface area contributed by atoms with Crippen molar-refractivity contribution in [1.29, 1.82) is 0 Å². The molecule has 3 unspecified atom stereocenters. The second-order valence-corrected chi connectivity index (χ2v) is 12.6. The zero-order valence-corrected chi connectivity index (χ0v) is 24.9. The van der Waals surface area contributed by atoms with Gasteiger partial charge in [-0.1, -0.05) is 90.6 Å². The van der Waals surface area contributed by atoms with Crippen LogP contribution >= 0.6 is 23.1 Å². The van der Waals surface area contributed by atoms with Gasteiger partial charge in [0.15, 0.2) is 10.6 Å². The fourth-order valence-corrected chi connectivity index (χ4v) is 7.13. The smallest absolute Gasteiger partial charge is 0.217 e. The van der Waals surface area contributed by atoms with Crippen LogP contribution in [0.4, 0.5) is 0 Å². The minimum absolute atomic E-state index is 0.0153. The second kappa shape index (κ2) is 13.2. The third-order valence-electron chi connectivity index (χ3n) is 7.27. The Morgan fingerprint density at radius 3 is 2.48 bits per heavy atom. The SMILES string of the molecule is CC(=O)NCc1cccc(-c2ccc(C3OC(CSc4nc5ccccc5s4)CC(c4ccc(CO)cc4)O3)cc2)c1. The van der Waals surface area contributed by atoms with E-state index in [1.165, 1.54) is 11.6 Å². The van der Waals surface area contributed by atoms with E-state index in [0.717, 1.165) is 55.4 Å². The van der Waals surface area contributed by atoms with E-state index in [-0.39, 0.29) is 24.7 Å². The van der Waals surface area contributed by atoms with Crippen LogP contribution < -0.4 is 5.32 Å². The summed E-state index contributed by atoms with van der Waals surface area (Å²) in [4.78, 5) is 16.1. The number of nitrogens with one attached hydrogen (secondary N) is 1. The van der Waals surface area contributed by atoms with Crippen LogP contribution in [0.1, 0.15) is 48.0 Å². The molecule has 4 aromatic carbocycles. The number of hydrogen-bond donors (Lipinski definition) is 2. The number of para-hydroxylation sites is 1. The summed E-state index contributed by atoms with van der Waals surface area (Å²) >= 11 is 3.44. The predicted molar refractivity (Wildman–Crippen MR) is 168 cm³/mol. The molecule has 6 rings (SSSR count). The van der Waals surface area contributed by atoms with Gasteiger partial charge in [0.2, 0.25) is 5.91 Å². The van der Waals surface area contributed by atoms with Crippen LogP contribution in [0.25, 0.3) is 21.3 Å². The number of benzene rings is 4. The van der Waals surface area contributed by atoms with Gasteiger partial charge in [0.25, 0.3) is 0 Å². The number of carbonyl (C=O) groups excluding carboxylic acids is 1. The third-order valence-corrected chi connectivity index (χ3v) is 9.58. The summed E-state index contributed by atoms with van der Waals surface area (Å²) in [6.45, 7) is 2.04. The van der Waals surface area contributed by atoms with Crippen LogP contribution in [0.2, 0.25) is 0 Å². The quantitative estimate of drug-likeness (QED) is 0.172. The zero-order chi connectivity index (χ0) is 28.9. The summed E-state index contributed by atoms with van der Waals surface area (Å²) in [5.74, 6) is 0.723. The Bertz CT molecular complexity index is 1620. The normalized spacial score (nSPS) is 18.7. The molecule has 1 aromatic heterocycles. The van der Waals surface area contributed by atoms with Crippen LogP contribution in [0.5, 0.6) is 0 Å². The van der Waals surface area contributed by atoms with Crippen molar-refractivity contribution < 1.29 is 19.4 Å². The predicted octanol–water partition coefficient (Wildman–Crippen LogP) is 7.43. The van der Waals surface area contributed by atoms with E-state index in [1.54, 1.807) is 23.1 Å². The minimum Gasteiger partial charge on any atom is -0.392 e. The average Bonchev–Trinajstić information content (AvgIpc) is 3.46. The van der Waals surface area contributed by atoms with Gasteiger partial charge in [0.05, 0.1) is 29.0 Å². The Hall–Kier alpha value is -3.53. The van der Waals surface area contributed by atoms with E-state index in [4.69, 9.17) is 14.5 Å². The Kier molecular flexibility index (Phi) is 8.98. The standard InChI is InChI=1S/C34H32N2O4S2/c1-22(38)35-19-24-5-4-6-28(17-24)25-13-15-27(16-14-25)33-39-29(18-31(40-33)26-11-9-23(20-37)10-12-26)21-41-34-36-30-7-2-3-8-32(30)42-34/h2-17,29,31,33,37H,18-21H2,1H3,(H,35,38). The van der Waals surface area contributed by atoms with E-state index in [1.807, 2.05) is 54.6 Å². The van der Waals surface area contributed by atoms with Crippen molar-refractivity contribution in [1.82, 2.24) is 10.3 Å². The van der Waals surface area contributed by atoms with Gasteiger partial charge >= 0.3 is 0 Å². The monoisotopic (exact) mass is 596 g/mol. The molecule has 5 aromatic rings. The molecule has 1 saturated heterocycles. The molecule has 1 aliphatic heterocycles. The molecule has 0 radical (unpaired) electrons. The highest BCUT2D eigenvalue weighted by Gasteiger charge is 2.32. The lowest BCUT2D eigenvalue weighted by atomic mass is 9.99. The van der Waals surface area contributed by atoms with E-state index in [0.29, 0.717) is 6.54 Å². The van der Waals surface area contributed by atoms with Crippen molar-refractivity contribution in [2.75, 3.05) is 5.75 Å². The summed E-state index contributed by atoms with van der Waals surface area (Å²) in [7, 11) is 0. The molecule has 42 heavy (non-hydrogen) atoms. The molecular weight excluding hydrogens is 565 g/mol. The fourth-order valence-electron chi connectivity index (χ4n) is 5.02. The van der Waals surface area contributed by atoms with Gasteiger partial charge in [-0.2, -0.15) is 0 Å². The number of fused-ring (bicyclic) bond motifs is 1. The molecule has 0 saturated carbocycles. The maximum absolute atomic E-state index is 11.3. The van der Waals surface area contributed by atoms with Crippen molar-refractivity contribution in [3.05, 3.63) is 119 Å². The summed E-state index contributed by atoms with van der Waals surface area (Å²) in [5.41, 5.74) is 7.15. The molecule has 214 valence electrons. The number of thiazole rings is 1. The molecule has 0 aliphatic carbocycles. The number of carbonyl (C=O) groups is 1. The Labute approximate surface area is 253 Å². The van der Waals surface area contributed by atoms with Crippen molar-refractivity contribution in [2.45, 2.75) is 49.3 Å². The lowest BCUT2D eigenvalue weighted by molar-refractivity contribution is -0.245. The first-order valence-electron chi connectivity index (χ1n) is 14.0. The highest BCUT2D eigenvalue weighted by Crippen LogP contribution is 2.40. The first-order valence-corrected chi connectivity index (χ1v) is 15.8. The van der Waals surface area contributed by atoms with E-state index in [9.17, 15) is 9.90 Å². The van der Waals surface area contributed by atoms with Gasteiger partial charge in [-0.3, -0.25) is 4.79 Å². The number of rotatable bonds is 9. The van der Waals surface area contributed by atoms with Gasteiger partial charge in [-0.15, -0.1) is 11.3 Å². The van der Waals surface area contributed by atoms with E-state index in [2.05, 4.69) is 47.8 Å². The van der Waals surface area contributed by atoms with Crippen molar-refractivity contribution in [3.63, 3.8) is 0 Å². The molecule has 8 heteroatoms. The highest BCUT2D eigenvalue weighted by atomic mass is 32.2. The topological polar surface area (TPSA) is 80.7 Å². The number of thioether (sulfide) groups is 1. The van der Waals surface area contributed by atoms with Gasteiger partial charge in [-0.05, 0) is 46.0 Å². The molecule has 6 nitrogen and oxygen atoms in total. The molecule has 1 fully saturated rings. The van der Waals surface area contributed by atoms with E-state index < -0.39 is 6.29 Å². The van der Waals surface area contributed by atoms with Crippen molar-refractivity contribution in [2.24, 2.45) is 0 Å². The first kappa shape index (κ1) is 28.6. The summed E-state index contributed by atoms with van der Waals surface area (Å²) in [6, 6.07) is 32.7. The molecule has 0 bridgehead atoms. The maximum atomic E-state index is 11.3. The van der Waals surface area contributed by atoms with Crippen LogP contribution in [0.3, 0.4) is 0 Å². The summed E-state index contributed by atoms with van der Waals surface area (Å²) in [5, 5.41) is 12.4. The Morgan fingerprint density at radius 1 is 0.929 bits per heavy atom. The number of aliphatic hydroxyl groups excluding tert-OH is 1. The lowest BCUT2D eigenvalue weighted by Gasteiger charge is -2.36. The molecule has 1 amide bonds. The van der Waals surface area contributed by atoms with Gasteiger partial charge in [-0.25, -0.2) is 4.98 Å². The lowest BCUT2D eigenvalue weighted by Crippen LogP contribution is -2.31. The fraction of sp³-hybridized carbons (Fsp3) is 0.235. The van der Waals surface area contributed by atoms with Gasteiger partial charge in [0.1, 0.15) is 0 Å². The minimum atomic E-state index is -0.512. The maximum Gasteiger partial charge on any atom is 0.217 e. The van der Waals surface area contributed by atoms with Crippen LogP contribution in [-0.4, -0.2) is 27.9 Å². The number of aliphatic hydroxyl groups is 1. The van der Waals surface area contributed by atoms with Crippen LogP contribution in [0.15, 0.2) is 101 Å². The number of ether oxygens (including phenoxy) is 2. The first-order chi connectivity index (χ1) is 20.5. The molecule has 2 heterocycles. The van der Waals surface area contributed by atoms with Crippen LogP contribution in [-0.2, 0) is 27.4 Å². The Balaban J connectivity index is 1.20. The second-order valence-electron chi connectivity index (χ2n) is 10.3.